The quantitative estimate of drug-likeness (QED) is 0.855. The van der Waals surface area contributed by atoms with Crippen molar-refractivity contribution in [3.05, 3.63) is 23.7 Å². The van der Waals surface area contributed by atoms with Crippen molar-refractivity contribution < 1.29 is 9.15 Å². The van der Waals surface area contributed by atoms with E-state index in [1.807, 2.05) is 6.26 Å². The molecule has 1 N–H and O–H groups in total. The van der Waals surface area contributed by atoms with Crippen LogP contribution in [0, 0.1) is 5.92 Å². The molecule has 3 heteroatoms. The molecule has 1 saturated heterocycles. The van der Waals surface area contributed by atoms with Gasteiger partial charge in [0, 0.05) is 31.2 Å². The van der Waals surface area contributed by atoms with E-state index in [1.54, 1.807) is 0 Å². The van der Waals surface area contributed by atoms with Gasteiger partial charge in [-0.15, -0.1) is 0 Å². The predicted molar refractivity (Wildman–Crippen MR) is 68.0 cm³/mol. The van der Waals surface area contributed by atoms with Crippen LogP contribution in [0.1, 0.15) is 44.1 Å². The first-order chi connectivity index (χ1) is 8.36. The zero-order valence-electron chi connectivity index (χ0n) is 10.9. The standard InChI is InChI=1S/C14H23NO2/c1-3-13-12(7-10-17-13)14(15-4-2)11-5-8-16-9-6-11/h7,10-11,14-15H,3-6,8-9H2,1-2H3. The van der Waals surface area contributed by atoms with Crippen LogP contribution in [-0.2, 0) is 11.2 Å². The number of rotatable bonds is 5. The van der Waals surface area contributed by atoms with Crippen LogP contribution in [0.15, 0.2) is 16.7 Å². The fourth-order valence-corrected chi connectivity index (χ4v) is 2.71. The average Bonchev–Trinajstić information content (AvgIpc) is 2.85. The molecule has 2 rings (SSSR count). The van der Waals surface area contributed by atoms with Gasteiger partial charge in [-0.25, -0.2) is 0 Å². The molecular formula is C14H23NO2. The topological polar surface area (TPSA) is 34.4 Å². The van der Waals surface area contributed by atoms with Crippen LogP contribution in [0.3, 0.4) is 0 Å². The summed E-state index contributed by atoms with van der Waals surface area (Å²) in [6, 6.07) is 2.55. The van der Waals surface area contributed by atoms with Crippen LogP contribution in [0.4, 0.5) is 0 Å². The lowest BCUT2D eigenvalue weighted by atomic mass is 9.87. The van der Waals surface area contributed by atoms with E-state index in [4.69, 9.17) is 9.15 Å². The molecule has 1 unspecified atom stereocenters. The zero-order chi connectivity index (χ0) is 12.1. The summed E-state index contributed by atoms with van der Waals surface area (Å²) in [5, 5.41) is 3.61. The van der Waals surface area contributed by atoms with E-state index in [9.17, 15) is 0 Å². The summed E-state index contributed by atoms with van der Waals surface area (Å²) < 4.78 is 11.0. The second-order valence-electron chi connectivity index (χ2n) is 4.64. The molecular weight excluding hydrogens is 214 g/mol. The Morgan fingerprint density at radius 1 is 1.35 bits per heavy atom. The average molecular weight is 237 g/mol. The SMILES string of the molecule is CCNC(c1ccoc1CC)C1CCOCC1. The van der Waals surface area contributed by atoms with Gasteiger partial charge in [0.1, 0.15) is 5.76 Å². The molecule has 1 atom stereocenters. The number of ether oxygens (including phenoxy) is 1. The summed E-state index contributed by atoms with van der Waals surface area (Å²) in [5.41, 5.74) is 1.35. The second kappa shape index (κ2) is 6.22. The van der Waals surface area contributed by atoms with Crippen molar-refractivity contribution in [1.29, 1.82) is 0 Å². The minimum Gasteiger partial charge on any atom is -0.469 e. The Balaban J connectivity index is 2.15. The monoisotopic (exact) mass is 237 g/mol. The van der Waals surface area contributed by atoms with Crippen molar-refractivity contribution in [2.24, 2.45) is 5.92 Å². The first kappa shape index (κ1) is 12.7. The zero-order valence-corrected chi connectivity index (χ0v) is 10.9. The highest BCUT2D eigenvalue weighted by Crippen LogP contribution is 2.32. The van der Waals surface area contributed by atoms with Gasteiger partial charge in [0.05, 0.1) is 6.26 Å². The largest absolute Gasteiger partial charge is 0.469 e. The Morgan fingerprint density at radius 3 is 2.76 bits per heavy atom. The van der Waals surface area contributed by atoms with Gasteiger partial charge in [0.2, 0.25) is 0 Å². The molecule has 1 aromatic heterocycles. The summed E-state index contributed by atoms with van der Waals surface area (Å²) in [5.74, 6) is 1.80. The lowest BCUT2D eigenvalue weighted by Gasteiger charge is -2.31. The smallest absolute Gasteiger partial charge is 0.108 e. The van der Waals surface area contributed by atoms with E-state index in [1.165, 1.54) is 5.56 Å². The molecule has 1 aromatic rings. The molecule has 0 aromatic carbocycles. The highest BCUT2D eigenvalue weighted by atomic mass is 16.5. The first-order valence-corrected chi connectivity index (χ1v) is 6.74. The van der Waals surface area contributed by atoms with Crippen molar-refractivity contribution in [2.75, 3.05) is 19.8 Å². The van der Waals surface area contributed by atoms with Crippen LogP contribution in [0.5, 0.6) is 0 Å². The number of furan rings is 1. The van der Waals surface area contributed by atoms with Gasteiger partial charge >= 0.3 is 0 Å². The molecule has 1 aliphatic heterocycles. The maximum atomic E-state index is 5.56. The van der Waals surface area contributed by atoms with Crippen LogP contribution in [-0.4, -0.2) is 19.8 Å². The Labute approximate surface area is 104 Å². The maximum Gasteiger partial charge on any atom is 0.108 e. The number of hydrogen-bond donors (Lipinski definition) is 1. The van der Waals surface area contributed by atoms with E-state index >= 15 is 0 Å². The molecule has 0 radical (unpaired) electrons. The van der Waals surface area contributed by atoms with Crippen LogP contribution in [0.2, 0.25) is 0 Å². The van der Waals surface area contributed by atoms with Crippen LogP contribution < -0.4 is 5.32 Å². The fourth-order valence-electron chi connectivity index (χ4n) is 2.71. The van der Waals surface area contributed by atoms with Crippen molar-refractivity contribution in [3.8, 4) is 0 Å². The normalized spacial score (nSPS) is 19.4. The fraction of sp³-hybridized carbons (Fsp3) is 0.714. The molecule has 0 bridgehead atoms. The van der Waals surface area contributed by atoms with Gasteiger partial charge in [0.15, 0.2) is 0 Å². The summed E-state index contributed by atoms with van der Waals surface area (Å²) in [6.07, 6.45) is 5.07. The summed E-state index contributed by atoms with van der Waals surface area (Å²) in [6.45, 7) is 7.10. The summed E-state index contributed by atoms with van der Waals surface area (Å²) >= 11 is 0. The number of aryl methyl sites for hydroxylation is 1. The maximum absolute atomic E-state index is 5.56. The van der Waals surface area contributed by atoms with E-state index < -0.39 is 0 Å². The molecule has 3 nitrogen and oxygen atoms in total. The highest BCUT2D eigenvalue weighted by Gasteiger charge is 2.27. The van der Waals surface area contributed by atoms with Gasteiger partial charge < -0.3 is 14.5 Å². The lowest BCUT2D eigenvalue weighted by molar-refractivity contribution is 0.0536. The number of nitrogens with one attached hydrogen (secondary N) is 1. The van der Waals surface area contributed by atoms with Crippen molar-refractivity contribution in [3.63, 3.8) is 0 Å². The Hall–Kier alpha value is -0.800. The third-order valence-corrected chi connectivity index (χ3v) is 3.60. The molecule has 96 valence electrons. The summed E-state index contributed by atoms with van der Waals surface area (Å²) in [7, 11) is 0. The van der Waals surface area contributed by atoms with E-state index in [2.05, 4.69) is 25.2 Å². The molecule has 17 heavy (non-hydrogen) atoms. The van der Waals surface area contributed by atoms with Crippen molar-refractivity contribution in [1.82, 2.24) is 5.32 Å². The van der Waals surface area contributed by atoms with Crippen molar-refractivity contribution >= 4 is 0 Å². The molecule has 0 saturated carbocycles. The minimum absolute atomic E-state index is 0.428. The van der Waals surface area contributed by atoms with E-state index in [0.717, 1.165) is 44.8 Å². The lowest BCUT2D eigenvalue weighted by Crippen LogP contribution is -2.32. The second-order valence-corrected chi connectivity index (χ2v) is 4.64. The van der Waals surface area contributed by atoms with Gasteiger partial charge in [-0.2, -0.15) is 0 Å². The molecule has 0 aliphatic carbocycles. The third-order valence-electron chi connectivity index (χ3n) is 3.60. The first-order valence-electron chi connectivity index (χ1n) is 6.74. The van der Waals surface area contributed by atoms with Crippen LogP contribution in [0.25, 0.3) is 0 Å². The summed E-state index contributed by atoms with van der Waals surface area (Å²) in [4.78, 5) is 0. The van der Waals surface area contributed by atoms with Gasteiger partial charge in [-0.05, 0) is 31.4 Å². The predicted octanol–water partition coefficient (Wildman–Crippen LogP) is 2.92. The minimum atomic E-state index is 0.428. The van der Waals surface area contributed by atoms with E-state index in [-0.39, 0.29) is 0 Å². The van der Waals surface area contributed by atoms with Gasteiger partial charge in [-0.3, -0.25) is 0 Å². The van der Waals surface area contributed by atoms with Gasteiger partial charge in [-0.1, -0.05) is 13.8 Å². The Bertz CT molecular complexity index is 329. The Morgan fingerprint density at radius 2 is 2.12 bits per heavy atom. The molecule has 1 fully saturated rings. The molecule has 0 amide bonds. The van der Waals surface area contributed by atoms with E-state index in [0.29, 0.717) is 12.0 Å². The number of hydrogen-bond acceptors (Lipinski definition) is 3. The highest BCUT2D eigenvalue weighted by molar-refractivity contribution is 5.22. The van der Waals surface area contributed by atoms with Gasteiger partial charge in [0.25, 0.3) is 0 Å². The Kier molecular flexibility index (Phi) is 4.63. The molecule has 1 aliphatic rings. The third kappa shape index (κ3) is 2.90. The molecule has 2 heterocycles. The van der Waals surface area contributed by atoms with Crippen molar-refractivity contribution in [2.45, 2.75) is 39.2 Å². The molecule has 0 spiro atoms. The van der Waals surface area contributed by atoms with Crippen LogP contribution >= 0.6 is 0 Å².